The molecule has 0 saturated heterocycles. The maximum absolute atomic E-state index is 12.7. The Morgan fingerprint density at radius 1 is 1.50 bits per heavy atom. The van der Waals surface area contributed by atoms with Gasteiger partial charge in [-0.25, -0.2) is 9.12 Å². The molecule has 7 heteroatoms. The second kappa shape index (κ2) is 3.39. The lowest BCUT2D eigenvalue weighted by Gasteiger charge is -2.10. The molecule has 0 radical (unpaired) electrons. The molecule has 1 aromatic rings. The van der Waals surface area contributed by atoms with E-state index >= 15 is 0 Å². The van der Waals surface area contributed by atoms with Crippen LogP contribution in [0, 0.1) is 12.1 Å². The van der Waals surface area contributed by atoms with E-state index in [4.69, 9.17) is 0 Å². The van der Waals surface area contributed by atoms with Crippen molar-refractivity contribution >= 4 is 0 Å². The van der Waals surface area contributed by atoms with Crippen LogP contribution in [0.3, 0.4) is 0 Å². The number of alkyl halides is 4. The molecule has 0 fully saturated rings. The monoisotopic (exact) mass is 210 g/mol. The molecule has 1 atom stereocenters. The molecule has 0 bridgehead atoms. The van der Waals surface area contributed by atoms with Crippen LogP contribution in [0.5, 0.6) is 0 Å². The van der Waals surface area contributed by atoms with Crippen LogP contribution >= 0.6 is 0 Å². The first-order valence-electron chi connectivity index (χ1n) is 3.58. The second-order valence-electron chi connectivity index (χ2n) is 2.71. The fourth-order valence-electron chi connectivity index (χ4n) is 0.932. The van der Waals surface area contributed by atoms with Crippen LogP contribution in [0.1, 0.15) is 17.4 Å². The zero-order chi connectivity index (χ0) is 10.9. The normalized spacial score (nSPS) is 14.1. The summed E-state index contributed by atoms with van der Waals surface area (Å²) in [6.07, 6.45) is -6.72. The van der Waals surface area contributed by atoms with Crippen molar-refractivity contribution in [1.29, 1.82) is 0 Å². The van der Waals surface area contributed by atoms with Gasteiger partial charge in [0.2, 0.25) is 5.69 Å². The summed E-state index contributed by atoms with van der Waals surface area (Å²) < 4.78 is 48.7. The second-order valence-corrected chi connectivity index (χ2v) is 2.71. The summed E-state index contributed by atoms with van der Waals surface area (Å²) >= 11 is 0. The summed E-state index contributed by atoms with van der Waals surface area (Å²) in [6.45, 7) is 1.19. The summed E-state index contributed by atoms with van der Waals surface area (Å²) in [4.78, 5) is 3.10. The van der Waals surface area contributed by atoms with Crippen molar-refractivity contribution in [2.75, 3.05) is 0 Å². The van der Waals surface area contributed by atoms with E-state index in [1.54, 1.807) is 0 Å². The number of aryl methyl sites for hydroxylation is 1. The smallest absolute Gasteiger partial charge is 0.427 e. The first-order valence-corrected chi connectivity index (χ1v) is 3.58. The highest BCUT2D eigenvalue weighted by Crippen LogP contribution is 2.35. The minimum absolute atomic E-state index is 0.132. The molecule has 0 amide bonds. The van der Waals surface area contributed by atoms with Crippen molar-refractivity contribution in [2.24, 2.45) is 0 Å². The fraction of sp³-hybridized carbons (Fsp3) is 0.429. The predicted octanol–water partition coefficient (Wildman–Crippen LogP) is 1.60. The van der Waals surface area contributed by atoms with Crippen molar-refractivity contribution in [1.82, 2.24) is 4.98 Å². The van der Waals surface area contributed by atoms with Crippen LogP contribution in [0.2, 0.25) is 0 Å². The largest absolute Gasteiger partial charge is 0.711 e. The van der Waals surface area contributed by atoms with E-state index in [0.29, 0.717) is 6.33 Å². The van der Waals surface area contributed by atoms with E-state index in [2.05, 4.69) is 4.98 Å². The molecule has 0 aliphatic carbocycles. The maximum atomic E-state index is 12.7. The zero-order valence-corrected chi connectivity index (χ0v) is 7.05. The van der Waals surface area contributed by atoms with E-state index in [1.165, 1.54) is 6.92 Å². The van der Waals surface area contributed by atoms with Gasteiger partial charge in [0.25, 0.3) is 12.5 Å². The summed E-state index contributed by atoms with van der Waals surface area (Å²) in [6, 6.07) is 0. The Bertz CT molecular complexity index is 339. The minimum atomic E-state index is -4.99. The molecule has 1 unspecified atom stereocenters. The summed E-state index contributed by atoms with van der Waals surface area (Å²) in [5, 5.41) is 10.6. The summed E-state index contributed by atoms with van der Waals surface area (Å²) in [5.41, 5.74) is -0.906. The van der Waals surface area contributed by atoms with Gasteiger partial charge in [-0.2, -0.15) is 13.2 Å². The van der Waals surface area contributed by atoms with E-state index in [1.807, 2.05) is 0 Å². The van der Waals surface area contributed by atoms with Crippen molar-refractivity contribution in [3.05, 3.63) is 29.0 Å². The lowest BCUT2D eigenvalue weighted by Crippen LogP contribution is -2.29. The van der Waals surface area contributed by atoms with Crippen molar-refractivity contribution in [3.63, 3.8) is 0 Å². The molecule has 0 aliphatic rings. The Morgan fingerprint density at radius 2 is 2.07 bits per heavy atom. The highest BCUT2D eigenvalue weighted by Gasteiger charge is 2.45. The van der Waals surface area contributed by atoms with Crippen LogP contribution in [-0.4, -0.2) is 11.2 Å². The average molecular weight is 210 g/mol. The Morgan fingerprint density at radius 3 is 2.50 bits per heavy atom. The SMILES string of the molecule is Cc1c[n+]([O-])cnc1C(F)C(F)(F)F. The quantitative estimate of drug-likeness (QED) is 0.401. The zero-order valence-electron chi connectivity index (χ0n) is 7.05. The van der Waals surface area contributed by atoms with Crippen LogP contribution < -0.4 is 4.73 Å². The molecular formula is C7H6F4N2O. The van der Waals surface area contributed by atoms with Crippen LogP contribution in [-0.2, 0) is 0 Å². The molecule has 0 spiro atoms. The van der Waals surface area contributed by atoms with E-state index < -0.39 is 18.0 Å². The first kappa shape index (κ1) is 10.7. The third-order valence-electron chi connectivity index (χ3n) is 1.56. The van der Waals surface area contributed by atoms with Gasteiger partial charge in [-0.05, 0) is 11.9 Å². The molecule has 0 N–H and O–H groups in total. The number of hydrogen-bond donors (Lipinski definition) is 0. The van der Waals surface area contributed by atoms with Gasteiger partial charge in [0.05, 0.1) is 0 Å². The van der Waals surface area contributed by atoms with Crippen LogP contribution in [0.15, 0.2) is 12.5 Å². The minimum Gasteiger partial charge on any atom is -0.711 e. The maximum Gasteiger partial charge on any atom is 0.427 e. The van der Waals surface area contributed by atoms with Crippen LogP contribution in [0.4, 0.5) is 17.6 Å². The van der Waals surface area contributed by atoms with Crippen molar-refractivity contribution in [2.45, 2.75) is 19.3 Å². The highest BCUT2D eigenvalue weighted by atomic mass is 19.4. The van der Waals surface area contributed by atoms with Gasteiger partial charge in [0.1, 0.15) is 6.20 Å². The fourth-order valence-corrected chi connectivity index (χ4v) is 0.932. The first-order chi connectivity index (χ1) is 6.32. The van der Waals surface area contributed by atoms with Gasteiger partial charge in [-0.3, -0.25) is 0 Å². The van der Waals surface area contributed by atoms with Crippen LogP contribution in [0.25, 0.3) is 0 Å². The lowest BCUT2D eigenvalue weighted by molar-refractivity contribution is -0.609. The number of halogens is 4. The van der Waals surface area contributed by atoms with Gasteiger partial charge in [-0.15, -0.1) is 0 Å². The van der Waals surface area contributed by atoms with Crippen molar-refractivity contribution < 1.29 is 22.3 Å². The Balaban J connectivity index is 3.08. The molecule has 0 aromatic carbocycles. The van der Waals surface area contributed by atoms with Gasteiger partial charge in [0.15, 0.2) is 0 Å². The predicted molar refractivity (Wildman–Crippen MR) is 37.8 cm³/mol. The summed E-state index contributed by atoms with van der Waals surface area (Å²) in [7, 11) is 0. The molecule has 78 valence electrons. The van der Waals surface area contributed by atoms with E-state index in [-0.39, 0.29) is 10.3 Å². The standard InChI is InChI=1S/C7H6F4N2O/c1-4-2-13(14)3-12-5(4)6(8)7(9,10)11/h2-3,6H,1H3. The molecule has 1 aromatic heterocycles. The molecule has 0 saturated carbocycles. The molecular weight excluding hydrogens is 204 g/mol. The molecule has 1 rings (SSSR count). The van der Waals surface area contributed by atoms with Gasteiger partial charge < -0.3 is 5.21 Å². The summed E-state index contributed by atoms with van der Waals surface area (Å²) in [5.74, 6) is 0. The number of aromatic nitrogens is 2. The third kappa shape index (κ3) is 2.09. The lowest BCUT2D eigenvalue weighted by atomic mass is 10.2. The van der Waals surface area contributed by atoms with E-state index in [9.17, 15) is 22.8 Å². The Labute approximate surface area is 76.6 Å². The number of rotatable bonds is 1. The number of nitrogens with zero attached hydrogens (tertiary/aromatic N) is 2. The topological polar surface area (TPSA) is 39.8 Å². The third-order valence-corrected chi connectivity index (χ3v) is 1.56. The van der Waals surface area contributed by atoms with Gasteiger partial charge >= 0.3 is 6.18 Å². The Kier molecular flexibility index (Phi) is 2.59. The van der Waals surface area contributed by atoms with Gasteiger partial charge in [0, 0.05) is 5.56 Å². The Hall–Kier alpha value is -1.40. The molecule has 14 heavy (non-hydrogen) atoms. The van der Waals surface area contributed by atoms with Crippen molar-refractivity contribution in [3.8, 4) is 0 Å². The molecule has 1 heterocycles. The molecule has 3 nitrogen and oxygen atoms in total. The van der Waals surface area contributed by atoms with E-state index in [0.717, 1.165) is 6.20 Å². The molecule has 0 aliphatic heterocycles. The number of hydrogen-bond acceptors (Lipinski definition) is 2. The van der Waals surface area contributed by atoms with Gasteiger partial charge in [-0.1, -0.05) is 0 Å². The highest BCUT2D eigenvalue weighted by molar-refractivity contribution is 5.15. The average Bonchev–Trinajstić information content (AvgIpc) is 2.01.